The van der Waals surface area contributed by atoms with Crippen LogP contribution in [0.25, 0.3) is 16.9 Å². The highest BCUT2D eigenvalue weighted by atomic mass is 32.1. The van der Waals surface area contributed by atoms with Gasteiger partial charge in [-0.15, -0.1) is 11.3 Å². The SMILES string of the molecule is NC(N)=Nc1nc(CO/N=C/c2ccn3c(-c4cccc(NC(=O)NCC(F)(F)F)c4)cnc3c2)cs1. The number of pyridine rings is 1. The van der Waals surface area contributed by atoms with Gasteiger partial charge in [0.25, 0.3) is 0 Å². The van der Waals surface area contributed by atoms with Crippen LogP contribution in [0.1, 0.15) is 11.3 Å². The monoisotopic (exact) mass is 531 g/mol. The molecule has 4 rings (SSSR count). The maximum atomic E-state index is 12.3. The molecule has 6 N–H and O–H groups in total. The van der Waals surface area contributed by atoms with Gasteiger partial charge in [-0.05, 0) is 24.3 Å². The van der Waals surface area contributed by atoms with E-state index in [1.54, 1.807) is 59.5 Å². The maximum absolute atomic E-state index is 12.3. The fourth-order valence-electron chi connectivity index (χ4n) is 3.13. The van der Waals surface area contributed by atoms with Gasteiger partial charge in [-0.3, -0.25) is 4.40 Å². The Morgan fingerprint density at radius 3 is 2.86 bits per heavy atom. The molecule has 1 aromatic carbocycles. The molecule has 0 saturated carbocycles. The van der Waals surface area contributed by atoms with Gasteiger partial charge in [0.1, 0.15) is 12.2 Å². The van der Waals surface area contributed by atoms with E-state index in [0.717, 1.165) is 5.56 Å². The van der Waals surface area contributed by atoms with Crippen molar-refractivity contribution in [2.45, 2.75) is 12.8 Å². The molecule has 192 valence electrons. The molecule has 0 fully saturated rings. The summed E-state index contributed by atoms with van der Waals surface area (Å²) in [5.41, 5.74) is 14.4. The Morgan fingerprint density at radius 2 is 2.08 bits per heavy atom. The minimum Gasteiger partial charge on any atom is -0.389 e. The Bertz CT molecular complexity index is 1460. The Hall–Kier alpha value is -4.66. The van der Waals surface area contributed by atoms with E-state index in [0.29, 0.717) is 33.4 Å². The van der Waals surface area contributed by atoms with E-state index in [2.05, 4.69) is 25.4 Å². The summed E-state index contributed by atoms with van der Waals surface area (Å²) in [4.78, 5) is 29.5. The quantitative estimate of drug-likeness (QED) is 0.155. The molecule has 0 bridgehead atoms. The summed E-state index contributed by atoms with van der Waals surface area (Å²) in [6.07, 6.45) is 0.469. The molecule has 0 unspecified atom stereocenters. The number of nitrogens with one attached hydrogen (secondary N) is 2. The van der Waals surface area contributed by atoms with Crippen LogP contribution in [0.3, 0.4) is 0 Å². The molecule has 2 amide bonds. The molecule has 0 aliphatic rings. The molecule has 3 heterocycles. The average molecular weight is 532 g/mol. The van der Waals surface area contributed by atoms with Crippen molar-refractivity contribution in [2.24, 2.45) is 21.6 Å². The number of amides is 2. The number of imidazole rings is 1. The van der Waals surface area contributed by atoms with Gasteiger partial charge >= 0.3 is 12.2 Å². The van der Waals surface area contributed by atoms with Crippen LogP contribution in [-0.2, 0) is 11.4 Å². The maximum Gasteiger partial charge on any atom is 0.405 e. The fraction of sp³-hybridized carbons (Fsp3) is 0.136. The summed E-state index contributed by atoms with van der Waals surface area (Å²) in [5, 5.41) is 10.3. The summed E-state index contributed by atoms with van der Waals surface area (Å²) in [6, 6.07) is 9.32. The van der Waals surface area contributed by atoms with Gasteiger partial charge in [0, 0.05) is 28.4 Å². The van der Waals surface area contributed by atoms with Crippen molar-refractivity contribution in [3.63, 3.8) is 0 Å². The molecular weight excluding hydrogens is 511 g/mol. The van der Waals surface area contributed by atoms with Crippen LogP contribution in [0.5, 0.6) is 0 Å². The van der Waals surface area contributed by atoms with E-state index in [1.807, 2.05) is 4.40 Å². The lowest BCUT2D eigenvalue weighted by Crippen LogP contribution is -2.36. The number of nitrogens with zero attached hydrogens (tertiary/aromatic N) is 5. The lowest BCUT2D eigenvalue weighted by atomic mass is 10.1. The lowest BCUT2D eigenvalue weighted by Gasteiger charge is -2.10. The normalized spacial score (nSPS) is 11.5. The van der Waals surface area contributed by atoms with Crippen LogP contribution < -0.4 is 22.1 Å². The van der Waals surface area contributed by atoms with E-state index < -0.39 is 18.8 Å². The molecule has 37 heavy (non-hydrogen) atoms. The second kappa shape index (κ2) is 10.9. The van der Waals surface area contributed by atoms with Crippen molar-refractivity contribution < 1.29 is 22.8 Å². The minimum absolute atomic E-state index is 0.0750. The summed E-state index contributed by atoms with van der Waals surface area (Å²) >= 11 is 1.27. The molecule has 0 aliphatic heterocycles. The number of halogens is 3. The smallest absolute Gasteiger partial charge is 0.389 e. The zero-order valence-corrected chi connectivity index (χ0v) is 19.8. The number of hydrogen-bond donors (Lipinski definition) is 4. The Kier molecular flexibility index (Phi) is 7.52. The van der Waals surface area contributed by atoms with Crippen LogP contribution in [0.4, 0.5) is 28.8 Å². The van der Waals surface area contributed by atoms with E-state index >= 15 is 0 Å². The van der Waals surface area contributed by atoms with Crippen LogP contribution >= 0.6 is 11.3 Å². The van der Waals surface area contributed by atoms with Gasteiger partial charge in [0.05, 0.1) is 23.8 Å². The first-order valence-electron chi connectivity index (χ1n) is 10.5. The van der Waals surface area contributed by atoms with Gasteiger partial charge in [0.15, 0.2) is 12.6 Å². The molecule has 0 spiro atoms. The summed E-state index contributed by atoms with van der Waals surface area (Å²) in [5.74, 6) is -0.0750. The van der Waals surface area contributed by atoms with Gasteiger partial charge in [0.2, 0.25) is 5.13 Å². The zero-order chi connectivity index (χ0) is 26.4. The number of carbonyl (C=O) groups excluding carboxylic acids is 1. The van der Waals surface area contributed by atoms with Gasteiger partial charge in [-0.2, -0.15) is 18.2 Å². The van der Waals surface area contributed by atoms with Crippen LogP contribution in [0.2, 0.25) is 0 Å². The third kappa shape index (κ3) is 7.17. The van der Waals surface area contributed by atoms with E-state index in [9.17, 15) is 18.0 Å². The molecule has 0 aliphatic carbocycles. The van der Waals surface area contributed by atoms with Gasteiger partial charge in [-0.25, -0.2) is 14.8 Å². The fourth-order valence-corrected chi connectivity index (χ4v) is 3.82. The molecular formula is C22H20F3N9O2S. The Balaban J connectivity index is 1.39. The lowest BCUT2D eigenvalue weighted by molar-refractivity contribution is -0.122. The van der Waals surface area contributed by atoms with Gasteiger partial charge < -0.3 is 26.9 Å². The third-order valence-corrected chi connectivity index (χ3v) is 5.44. The number of aliphatic imine (C=N–C) groups is 1. The number of guanidine groups is 1. The van der Waals surface area contributed by atoms with Crippen LogP contribution in [0, 0.1) is 0 Å². The second-order valence-corrected chi connectivity index (χ2v) is 8.34. The Morgan fingerprint density at radius 1 is 1.24 bits per heavy atom. The number of anilines is 1. The van der Waals surface area contributed by atoms with Gasteiger partial charge in [-0.1, -0.05) is 17.3 Å². The number of rotatable bonds is 8. The first-order chi connectivity index (χ1) is 17.7. The number of carbonyl (C=O) groups is 1. The number of urea groups is 1. The van der Waals surface area contributed by atoms with Crippen molar-refractivity contribution in [3.8, 4) is 11.3 Å². The summed E-state index contributed by atoms with van der Waals surface area (Å²) in [7, 11) is 0. The van der Waals surface area contributed by atoms with Crippen LogP contribution in [-0.4, -0.2) is 45.3 Å². The van der Waals surface area contributed by atoms with Crippen molar-refractivity contribution in [1.29, 1.82) is 0 Å². The third-order valence-electron chi connectivity index (χ3n) is 4.66. The van der Waals surface area contributed by atoms with Crippen molar-refractivity contribution in [2.75, 3.05) is 11.9 Å². The number of thiazole rings is 1. The largest absolute Gasteiger partial charge is 0.405 e. The van der Waals surface area contributed by atoms with Crippen LogP contribution in [0.15, 0.2) is 64.3 Å². The number of alkyl halides is 3. The number of hydrogen-bond acceptors (Lipinski definition) is 7. The molecule has 0 atom stereocenters. The highest BCUT2D eigenvalue weighted by molar-refractivity contribution is 7.13. The predicted octanol–water partition coefficient (Wildman–Crippen LogP) is 3.60. The minimum atomic E-state index is -4.49. The summed E-state index contributed by atoms with van der Waals surface area (Å²) < 4.78 is 38.7. The second-order valence-electron chi connectivity index (χ2n) is 7.50. The van der Waals surface area contributed by atoms with Crippen molar-refractivity contribution >= 4 is 46.0 Å². The molecule has 15 heteroatoms. The number of nitrogens with two attached hydrogens (primary N) is 2. The van der Waals surface area contributed by atoms with E-state index in [-0.39, 0.29) is 12.6 Å². The first kappa shape index (κ1) is 25.4. The van der Waals surface area contributed by atoms with E-state index in [1.165, 1.54) is 17.6 Å². The average Bonchev–Trinajstić information content (AvgIpc) is 3.46. The highest BCUT2D eigenvalue weighted by Crippen LogP contribution is 2.24. The standard InChI is InChI=1S/C22H20F3N9O2S/c23-22(24,25)12-29-20(35)31-15-3-1-2-14(7-15)17-9-28-18-6-13(4-5-34(17)18)8-30-36-10-16-11-37-21(32-16)33-19(26)27/h1-9,11H,10,12H2,(H2,29,31,35)(H4,26,27,32,33)/b30-8+. The highest BCUT2D eigenvalue weighted by Gasteiger charge is 2.27. The molecule has 0 radical (unpaired) electrons. The molecule has 0 saturated heterocycles. The number of aromatic nitrogens is 3. The summed E-state index contributed by atoms with van der Waals surface area (Å²) in [6.45, 7) is -1.28. The zero-order valence-electron chi connectivity index (χ0n) is 18.9. The molecule has 11 nitrogen and oxygen atoms in total. The first-order valence-corrected chi connectivity index (χ1v) is 11.4. The number of benzene rings is 1. The molecule has 4 aromatic rings. The molecule has 3 aromatic heterocycles. The predicted molar refractivity (Wildman–Crippen MR) is 134 cm³/mol. The number of oxime groups is 1. The van der Waals surface area contributed by atoms with Crippen molar-refractivity contribution in [1.82, 2.24) is 19.7 Å². The van der Waals surface area contributed by atoms with E-state index in [4.69, 9.17) is 16.3 Å². The topological polar surface area (TPSA) is 157 Å². The number of fused-ring (bicyclic) bond motifs is 1. The Labute approximate surface area is 211 Å². The van der Waals surface area contributed by atoms with Crippen molar-refractivity contribution in [3.05, 3.63) is 65.4 Å².